The van der Waals surface area contributed by atoms with E-state index < -0.39 is 17.3 Å². The highest BCUT2D eigenvalue weighted by Gasteiger charge is 2.24. The van der Waals surface area contributed by atoms with Gasteiger partial charge in [-0.2, -0.15) is 0 Å². The highest BCUT2D eigenvalue weighted by Crippen LogP contribution is 2.35. The Morgan fingerprint density at radius 3 is 2.69 bits per heavy atom. The lowest BCUT2D eigenvalue weighted by molar-refractivity contribution is 0.0971. The number of fused-ring (bicyclic) bond motifs is 2. The van der Waals surface area contributed by atoms with Gasteiger partial charge in [0.15, 0.2) is 23.1 Å². The number of aromatic hydroxyl groups is 1. The van der Waals surface area contributed by atoms with Gasteiger partial charge in [-0.05, 0) is 48.7 Å². The number of rotatable bonds is 2. The first-order chi connectivity index (χ1) is 12.0. The SMILES string of the molecule is C.Nc1c(C(=O)c2ccc(F)c(O)c2)oc2cc3c(cc12)C(=O)CCC3. The summed E-state index contributed by atoms with van der Waals surface area (Å²) in [6, 6.07) is 6.69. The van der Waals surface area contributed by atoms with Crippen LogP contribution < -0.4 is 5.73 Å². The minimum Gasteiger partial charge on any atom is -0.505 e. The molecule has 0 saturated carbocycles. The standard InChI is InChI=1S/C19H14FNO4.CH4/c20-13-5-4-10(6-15(13)23)18(24)19-17(21)12-8-11-9(7-16(12)25-19)2-1-3-14(11)22;/h4-8,23H,1-3,21H2;1H4. The van der Waals surface area contributed by atoms with Crippen LogP contribution in [-0.4, -0.2) is 16.7 Å². The van der Waals surface area contributed by atoms with Gasteiger partial charge in [0.05, 0.1) is 5.69 Å². The Labute approximate surface area is 149 Å². The fourth-order valence-electron chi connectivity index (χ4n) is 3.20. The number of furan rings is 1. The summed E-state index contributed by atoms with van der Waals surface area (Å²) in [4.78, 5) is 24.7. The third kappa shape index (κ3) is 2.63. The van der Waals surface area contributed by atoms with E-state index in [1.165, 1.54) is 6.07 Å². The number of carbonyl (C=O) groups excluding carboxylic acids is 2. The van der Waals surface area contributed by atoms with E-state index in [1.54, 1.807) is 12.1 Å². The zero-order valence-electron chi connectivity index (χ0n) is 13.1. The van der Waals surface area contributed by atoms with Gasteiger partial charge in [0, 0.05) is 22.9 Å². The molecular formula is C20H18FNO4. The van der Waals surface area contributed by atoms with E-state index in [9.17, 15) is 19.1 Å². The van der Waals surface area contributed by atoms with Gasteiger partial charge in [0.25, 0.3) is 0 Å². The van der Waals surface area contributed by atoms with Crippen molar-refractivity contribution < 1.29 is 23.5 Å². The lowest BCUT2D eigenvalue weighted by Crippen LogP contribution is -2.10. The van der Waals surface area contributed by atoms with Crippen LogP contribution in [0.3, 0.4) is 0 Å². The summed E-state index contributed by atoms with van der Waals surface area (Å²) in [5.74, 6) is -2.04. The summed E-state index contributed by atoms with van der Waals surface area (Å²) < 4.78 is 18.8. The largest absolute Gasteiger partial charge is 0.505 e. The smallest absolute Gasteiger partial charge is 0.230 e. The molecule has 0 unspecified atom stereocenters. The minimum atomic E-state index is -0.819. The Morgan fingerprint density at radius 2 is 1.96 bits per heavy atom. The molecule has 1 heterocycles. The number of ketones is 2. The minimum absolute atomic E-state index is 0. The molecule has 0 atom stereocenters. The summed E-state index contributed by atoms with van der Waals surface area (Å²) in [7, 11) is 0. The molecule has 4 rings (SSSR count). The molecule has 1 aliphatic carbocycles. The maximum Gasteiger partial charge on any atom is 0.230 e. The van der Waals surface area contributed by atoms with Crippen LogP contribution in [0.25, 0.3) is 11.0 Å². The van der Waals surface area contributed by atoms with Crippen molar-refractivity contribution in [2.75, 3.05) is 5.73 Å². The van der Waals surface area contributed by atoms with Crippen LogP contribution in [-0.2, 0) is 6.42 Å². The van der Waals surface area contributed by atoms with Crippen LogP contribution in [0, 0.1) is 5.82 Å². The Balaban J connectivity index is 0.00000196. The Bertz CT molecular complexity index is 1050. The van der Waals surface area contributed by atoms with Crippen LogP contribution in [0.5, 0.6) is 5.75 Å². The quantitative estimate of drug-likeness (QED) is 0.671. The van der Waals surface area contributed by atoms with Gasteiger partial charge in [-0.1, -0.05) is 7.43 Å². The van der Waals surface area contributed by atoms with E-state index in [4.69, 9.17) is 10.2 Å². The number of nitrogens with two attached hydrogens (primary N) is 1. The number of aryl methyl sites for hydroxylation is 1. The number of benzene rings is 2. The fourth-order valence-corrected chi connectivity index (χ4v) is 3.20. The molecule has 1 aliphatic rings. The summed E-state index contributed by atoms with van der Waals surface area (Å²) >= 11 is 0. The molecule has 5 nitrogen and oxygen atoms in total. The molecule has 3 N–H and O–H groups in total. The van der Waals surface area contributed by atoms with E-state index in [1.807, 2.05) is 0 Å². The Morgan fingerprint density at radius 1 is 1.19 bits per heavy atom. The van der Waals surface area contributed by atoms with Crippen molar-refractivity contribution in [1.82, 2.24) is 0 Å². The van der Waals surface area contributed by atoms with Crippen LogP contribution in [0.15, 0.2) is 34.7 Å². The van der Waals surface area contributed by atoms with Crippen LogP contribution in [0.1, 0.15) is 52.3 Å². The zero-order valence-corrected chi connectivity index (χ0v) is 13.1. The highest BCUT2D eigenvalue weighted by atomic mass is 19.1. The number of anilines is 1. The van der Waals surface area contributed by atoms with Gasteiger partial charge in [0.2, 0.25) is 5.78 Å². The predicted molar refractivity (Wildman–Crippen MR) is 96.1 cm³/mol. The molecule has 0 saturated heterocycles. The molecule has 0 radical (unpaired) electrons. The first-order valence-corrected chi connectivity index (χ1v) is 7.87. The fraction of sp³-hybridized carbons (Fsp3) is 0.200. The topological polar surface area (TPSA) is 93.5 Å². The van der Waals surface area contributed by atoms with Crippen molar-refractivity contribution in [3.8, 4) is 5.75 Å². The number of hydrogen-bond donors (Lipinski definition) is 2. The van der Waals surface area contributed by atoms with Crippen molar-refractivity contribution in [2.24, 2.45) is 0 Å². The molecule has 0 bridgehead atoms. The van der Waals surface area contributed by atoms with E-state index >= 15 is 0 Å². The van der Waals surface area contributed by atoms with E-state index in [-0.39, 0.29) is 30.2 Å². The van der Waals surface area contributed by atoms with E-state index in [0.717, 1.165) is 30.5 Å². The van der Waals surface area contributed by atoms with Crippen molar-refractivity contribution in [3.05, 3.63) is 58.6 Å². The third-order valence-electron chi connectivity index (χ3n) is 4.52. The highest BCUT2D eigenvalue weighted by molar-refractivity contribution is 6.15. The molecule has 0 amide bonds. The second-order valence-corrected chi connectivity index (χ2v) is 6.12. The number of phenols is 1. The van der Waals surface area contributed by atoms with Crippen molar-refractivity contribution in [3.63, 3.8) is 0 Å². The number of Topliss-reactive ketones (excluding diaryl/α,β-unsaturated/α-hetero) is 1. The first-order valence-electron chi connectivity index (χ1n) is 7.87. The lowest BCUT2D eigenvalue weighted by Gasteiger charge is -2.13. The molecule has 3 aromatic rings. The van der Waals surface area contributed by atoms with Gasteiger partial charge in [-0.25, -0.2) is 4.39 Å². The van der Waals surface area contributed by atoms with Crippen molar-refractivity contribution >= 4 is 28.2 Å². The Hall–Kier alpha value is -3.15. The molecule has 134 valence electrons. The number of hydrogen-bond acceptors (Lipinski definition) is 5. The number of phenolic OH excluding ortho intramolecular Hbond substituents is 1. The van der Waals surface area contributed by atoms with Gasteiger partial charge in [0.1, 0.15) is 5.58 Å². The number of halogens is 1. The number of nitrogen functional groups attached to an aromatic ring is 1. The lowest BCUT2D eigenvalue weighted by atomic mass is 9.89. The average Bonchev–Trinajstić information content (AvgIpc) is 2.92. The normalized spacial score (nSPS) is 13.3. The van der Waals surface area contributed by atoms with Crippen LogP contribution in [0.4, 0.5) is 10.1 Å². The van der Waals surface area contributed by atoms with Gasteiger partial charge in [-0.3, -0.25) is 9.59 Å². The summed E-state index contributed by atoms with van der Waals surface area (Å²) in [5.41, 5.74) is 8.18. The molecule has 26 heavy (non-hydrogen) atoms. The monoisotopic (exact) mass is 355 g/mol. The summed E-state index contributed by atoms with van der Waals surface area (Å²) in [5, 5.41) is 9.95. The van der Waals surface area contributed by atoms with Crippen LogP contribution >= 0.6 is 0 Å². The summed E-state index contributed by atoms with van der Waals surface area (Å²) in [6.45, 7) is 0. The van der Waals surface area contributed by atoms with Crippen LogP contribution in [0.2, 0.25) is 0 Å². The maximum absolute atomic E-state index is 13.2. The second kappa shape index (κ2) is 6.29. The molecule has 0 fully saturated rings. The third-order valence-corrected chi connectivity index (χ3v) is 4.52. The van der Waals surface area contributed by atoms with Gasteiger partial charge in [-0.15, -0.1) is 0 Å². The van der Waals surface area contributed by atoms with E-state index in [2.05, 4.69) is 0 Å². The first kappa shape index (κ1) is 17.7. The summed E-state index contributed by atoms with van der Waals surface area (Å²) in [6.07, 6.45) is 2.05. The molecule has 1 aromatic heterocycles. The molecular weight excluding hydrogens is 337 g/mol. The number of carbonyl (C=O) groups is 2. The predicted octanol–water partition coefficient (Wildman–Crippen LogP) is 4.25. The molecule has 0 aliphatic heterocycles. The molecule has 6 heteroatoms. The molecule has 0 spiro atoms. The van der Waals surface area contributed by atoms with Gasteiger partial charge >= 0.3 is 0 Å². The van der Waals surface area contributed by atoms with E-state index in [0.29, 0.717) is 23.0 Å². The van der Waals surface area contributed by atoms with Crippen molar-refractivity contribution in [1.29, 1.82) is 0 Å². The zero-order chi connectivity index (χ0) is 17.7. The van der Waals surface area contributed by atoms with Crippen molar-refractivity contribution in [2.45, 2.75) is 26.7 Å². The van der Waals surface area contributed by atoms with Gasteiger partial charge < -0.3 is 15.3 Å². The maximum atomic E-state index is 13.2. The average molecular weight is 355 g/mol. The Kier molecular flexibility index (Phi) is 4.28. The second-order valence-electron chi connectivity index (χ2n) is 6.12. The molecule has 2 aromatic carbocycles.